The van der Waals surface area contributed by atoms with E-state index in [1.807, 2.05) is 0 Å². The number of aliphatic imine (C=N–C) groups is 1. The van der Waals surface area contributed by atoms with Crippen LogP contribution in [0.15, 0.2) is 53.5 Å². The van der Waals surface area contributed by atoms with Gasteiger partial charge in [-0.3, -0.25) is 31.3 Å². The summed E-state index contributed by atoms with van der Waals surface area (Å²) in [6.07, 6.45) is -0.810. The smallest absolute Gasteiger partial charge is 0.416 e. The number of hydrogen-bond donors (Lipinski definition) is 5. The molecule has 3 amide bonds. The number of alkyl carbamates (subject to hydrolysis) is 2. The highest BCUT2D eigenvalue weighted by atomic mass is 16.6. The van der Waals surface area contributed by atoms with E-state index in [2.05, 4.69) is 20.9 Å². The molecular weight excluding hydrogens is 670 g/mol. The van der Waals surface area contributed by atoms with Crippen molar-refractivity contribution in [3.63, 3.8) is 0 Å². The molecule has 52 heavy (non-hydrogen) atoms. The van der Waals surface area contributed by atoms with Gasteiger partial charge in [-0.05, 0) is 117 Å². The summed E-state index contributed by atoms with van der Waals surface area (Å²) in [6, 6.07) is 13.5. The van der Waals surface area contributed by atoms with E-state index in [0.717, 1.165) is 0 Å². The Morgan fingerprint density at radius 1 is 0.654 bits per heavy atom. The molecule has 0 atom stereocenters. The zero-order chi connectivity index (χ0) is 39.1. The number of amidine groups is 2. The third-order valence-corrected chi connectivity index (χ3v) is 6.23. The molecule has 0 fully saturated rings. The Bertz CT molecular complexity index is 1540. The average Bonchev–Trinajstić information content (AvgIpc) is 3.01. The van der Waals surface area contributed by atoms with Crippen LogP contribution in [0.25, 0.3) is 0 Å². The number of nitrogens with one attached hydrogen (secondary N) is 5. The zero-order valence-corrected chi connectivity index (χ0v) is 32.0. The summed E-state index contributed by atoms with van der Waals surface area (Å²) >= 11 is 0. The summed E-state index contributed by atoms with van der Waals surface area (Å²) in [5, 5.41) is 24.2. The second kappa shape index (κ2) is 19.3. The molecule has 2 aromatic carbocycles. The zero-order valence-electron chi connectivity index (χ0n) is 32.0. The van der Waals surface area contributed by atoms with Crippen LogP contribution in [0.2, 0.25) is 0 Å². The van der Waals surface area contributed by atoms with Crippen LogP contribution in [0, 0.1) is 10.8 Å². The fourth-order valence-corrected chi connectivity index (χ4v) is 3.99. The van der Waals surface area contributed by atoms with E-state index >= 15 is 0 Å². The van der Waals surface area contributed by atoms with E-state index in [9.17, 15) is 14.4 Å². The Kier molecular flexibility index (Phi) is 15.9. The van der Waals surface area contributed by atoms with Crippen molar-refractivity contribution in [1.29, 1.82) is 10.8 Å². The highest BCUT2D eigenvalue weighted by Gasteiger charge is 2.23. The normalized spacial score (nSPS) is 11.8. The van der Waals surface area contributed by atoms with Crippen LogP contribution < -0.4 is 25.4 Å². The number of carbonyl (C=O) groups is 3. The van der Waals surface area contributed by atoms with Gasteiger partial charge < -0.3 is 29.0 Å². The van der Waals surface area contributed by atoms with Gasteiger partial charge in [0.15, 0.2) is 0 Å². The number of nitrogens with zero attached hydrogens (tertiary/aromatic N) is 2. The third-order valence-electron chi connectivity index (χ3n) is 6.23. The van der Waals surface area contributed by atoms with Gasteiger partial charge in [0.05, 0.1) is 13.2 Å². The number of rotatable bonds is 12. The molecule has 0 radical (unpaired) electrons. The first-order chi connectivity index (χ1) is 24.1. The summed E-state index contributed by atoms with van der Waals surface area (Å²) in [5.41, 5.74) is -1.02. The molecule has 5 N–H and O–H groups in total. The Balaban J connectivity index is 1.87. The third kappa shape index (κ3) is 17.5. The van der Waals surface area contributed by atoms with E-state index in [1.165, 1.54) is 4.90 Å². The lowest BCUT2D eigenvalue weighted by Crippen LogP contribution is -2.45. The molecule has 15 heteroatoms. The SMILES string of the molecule is CN(C(=O)OC(C)(C)C)/C(=N\CCCOc1ccc(C(=N)NC(=O)OC(C)(C)C)cc1)NCCCOc1ccc(C(=N)NC(=O)OC(C)(C)C)cc1. The van der Waals surface area contributed by atoms with Crippen LogP contribution in [0.5, 0.6) is 11.5 Å². The summed E-state index contributed by atoms with van der Waals surface area (Å²) < 4.78 is 27.5. The summed E-state index contributed by atoms with van der Waals surface area (Å²) in [5.74, 6) is 1.36. The molecule has 0 aliphatic carbocycles. The van der Waals surface area contributed by atoms with Crippen molar-refractivity contribution in [1.82, 2.24) is 20.9 Å². The van der Waals surface area contributed by atoms with Crippen molar-refractivity contribution < 1.29 is 38.1 Å². The second-order valence-corrected chi connectivity index (χ2v) is 14.6. The minimum atomic E-state index is -0.698. The van der Waals surface area contributed by atoms with Gasteiger partial charge in [0.25, 0.3) is 0 Å². The van der Waals surface area contributed by atoms with Crippen LogP contribution >= 0.6 is 0 Å². The van der Waals surface area contributed by atoms with Gasteiger partial charge >= 0.3 is 18.3 Å². The fourth-order valence-electron chi connectivity index (χ4n) is 3.99. The molecule has 0 bridgehead atoms. The lowest BCUT2D eigenvalue weighted by Gasteiger charge is -2.26. The Labute approximate surface area is 306 Å². The van der Waals surface area contributed by atoms with E-state index in [-0.39, 0.29) is 11.7 Å². The summed E-state index contributed by atoms with van der Waals surface area (Å²) in [4.78, 5) is 42.6. The maximum Gasteiger partial charge on any atom is 0.416 e. The van der Waals surface area contributed by atoms with Crippen LogP contribution in [-0.4, -0.2) is 91.0 Å². The van der Waals surface area contributed by atoms with Gasteiger partial charge in [-0.1, -0.05) is 0 Å². The first kappa shape index (κ1) is 42.8. The largest absolute Gasteiger partial charge is 0.494 e. The minimum Gasteiger partial charge on any atom is -0.494 e. The molecule has 286 valence electrons. The standard InChI is InChI=1S/C37H55N7O8/c1-35(2,3)50-32(45)42-29(38)25-13-17-27(18-14-25)48-23-11-21-40-31(44(10)34(47)52-37(7,8)9)41-22-12-24-49-28-19-15-26(16-20-28)30(39)43-33(46)51-36(4,5)6/h13-20H,11-12,21-24H2,1-10H3,(H,40,41)(H2,38,42,45)(H2,39,43,46). The first-order valence-electron chi connectivity index (χ1n) is 17.0. The summed E-state index contributed by atoms with van der Waals surface area (Å²) in [7, 11) is 1.58. The van der Waals surface area contributed by atoms with Gasteiger partial charge in [0, 0.05) is 37.7 Å². The molecule has 15 nitrogen and oxygen atoms in total. The fraction of sp³-hybridized carbons (Fsp3) is 0.514. The van der Waals surface area contributed by atoms with Crippen LogP contribution in [-0.2, 0) is 14.2 Å². The highest BCUT2D eigenvalue weighted by Crippen LogP contribution is 2.15. The summed E-state index contributed by atoms with van der Waals surface area (Å²) in [6.45, 7) is 17.4. The molecule has 0 saturated heterocycles. The molecule has 2 aromatic rings. The van der Waals surface area contributed by atoms with E-state index in [0.29, 0.717) is 67.7 Å². The van der Waals surface area contributed by atoms with Crippen molar-refractivity contribution in [2.75, 3.05) is 33.4 Å². The molecule has 0 aliphatic heterocycles. The van der Waals surface area contributed by atoms with Gasteiger partial charge in [-0.2, -0.15) is 0 Å². The number of amides is 3. The molecule has 0 heterocycles. The van der Waals surface area contributed by atoms with Gasteiger partial charge in [0.1, 0.15) is 40.0 Å². The number of ether oxygens (including phenoxy) is 5. The van der Waals surface area contributed by atoms with E-state index in [1.54, 1.807) is 118 Å². The molecular formula is C37H55N7O8. The topological polar surface area (TPSA) is 197 Å². The predicted octanol–water partition coefficient (Wildman–Crippen LogP) is 6.44. The number of carbonyl (C=O) groups excluding carboxylic acids is 3. The minimum absolute atomic E-state index is 0.0835. The van der Waals surface area contributed by atoms with Gasteiger partial charge in [-0.15, -0.1) is 0 Å². The van der Waals surface area contributed by atoms with E-state index in [4.69, 9.17) is 34.5 Å². The highest BCUT2D eigenvalue weighted by molar-refractivity contribution is 6.05. The number of guanidine groups is 1. The van der Waals surface area contributed by atoms with Crippen LogP contribution in [0.1, 0.15) is 86.3 Å². The predicted molar refractivity (Wildman–Crippen MR) is 200 cm³/mol. The van der Waals surface area contributed by atoms with Crippen LogP contribution in [0.3, 0.4) is 0 Å². The molecule has 0 saturated carbocycles. The van der Waals surface area contributed by atoms with Gasteiger partial charge in [-0.25, -0.2) is 14.4 Å². The maximum absolute atomic E-state index is 12.8. The van der Waals surface area contributed by atoms with Crippen molar-refractivity contribution in [2.24, 2.45) is 4.99 Å². The Hall–Kier alpha value is -5.34. The van der Waals surface area contributed by atoms with E-state index < -0.39 is 35.1 Å². The van der Waals surface area contributed by atoms with Crippen molar-refractivity contribution in [2.45, 2.75) is 92.0 Å². The lowest BCUT2D eigenvalue weighted by atomic mass is 10.2. The van der Waals surface area contributed by atoms with Crippen LogP contribution in [0.4, 0.5) is 14.4 Å². The first-order valence-corrected chi connectivity index (χ1v) is 17.0. The molecule has 0 spiro atoms. The quantitative estimate of drug-likeness (QED) is 0.0708. The Morgan fingerprint density at radius 3 is 1.46 bits per heavy atom. The molecule has 0 aliphatic rings. The number of hydrogen-bond acceptors (Lipinski definition) is 11. The molecule has 0 aromatic heterocycles. The Morgan fingerprint density at radius 2 is 1.06 bits per heavy atom. The van der Waals surface area contributed by atoms with Crippen molar-refractivity contribution in [3.8, 4) is 11.5 Å². The maximum atomic E-state index is 12.8. The molecule has 0 unspecified atom stereocenters. The molecule has 2 rings (SSSR count). The van der Waals surface area contributed by atoms with Crippen molar-refractivity contribution >= 4 is 35.9 Å². The van der Waals surface area contributed by atoms with Crippen molar-refractivity contribution in [3.05, 3.63) is 59.7 Å². The van der Waals surface area contributed by atoms with Gasteiger partial charge in [0.2, 0.25) is 5.96 Å². The second-order valence-electron chi connectivity index (χ2n) is 14.6. The average molecular weight is 726 g/mol. The number of benzene rings is 2. The monoisotopic (exact) mass is 725 g/mol. The lowest BCUT2D eigenvalue weighted by molar-refractivity contribution is 0.0395.